The van der Waals surface area contributed by atoms with E-state index in [4.69, 9.17) is 0 Å². The summed E-state index contributed by atoms with van der Waals surface area (Å²) in [6.45, 7) is 13.2. The van der Waals surface area contributed by atoms with Crippen LogP contribution in [0.1, 0.15) is 20.3 Å². The van der Waals surface area contributed by atoms with Crippen molar-refractivity contribution in [3.05, 3.63) is 0 Å². The summed E-state index contributed by atoms with van der Waals surface area (Å²) in [5.74, 6) is 0. The Morgan fingerprint density at radius 2 is 1.83 bits per heavy atom. The summed E-state index contributed by atoms with van der Waals surface area (Å²) in [6.07, 6.45) is 1.11. The first-order valence-corrected chi connectivity index (χ1v) is 6.91. The lowest BCUT2D eigenvalue weighted by atomic mass is 9.89. The second-order valence-electron chi connectivity index (χ2n) is 6.16. The summed E-state index contributed by atoms with van der Waals surface area (Å²) in [5.41, 5.74) is 0.479. The molecule has 4 nitrogen and oxygen atoms in total. The third-order valence-corrected chi connectivity index (χ3v) is 4.05. The number of piperazine rings is 1. The van der Waals surface area contributed by atoms with Gasteiger partial charge in [-0.2, -0.15) is 0 Å². The Bertz CT molecular complexity index is 236. The molecule has 2 fully saturated rings. The van der Waals surface area contributed by atoms with Crippen LogP contribution in [0.5, 0.6) is 0 Å². The van der Waals surface area contributed by atoms with Gasteiger partial charge in [-0.05, 0) is 25.3 Å². The second kappa shape index (κ2) is 7.06. The molecular weight excluding hydrogens is 250 g/mol. The van der Waals surface area contributed by atoms with Gasteiger partial charge in [0.25, 0.3) is 0 Å². The topological polar surface area (TPSA) is 38.7 Å². The van der Waals surface area contributed by atoms with E-state index in [9.17, 15) is 5.11 Å². The van der Waals surface area contributed by atoms with E-state index in [1.807, 2.05) is 6.92 Å². The van der Waals surface area contributed by atoms with Crippen LogP contribution < -0.4 is 5.32 Å². The normalized spacial score (nSPS) is 32.2. The van der Waals surface area contributed by atoms with E-state index in [2.05, 4.69) is 22.0 Å². The lowest BCUT2D eigenvalue weighted by Crippen LogP contribution is -2.51. The van der Waals surface area contributed by atoms with Crippen molar-refractivity contribution in [3.8, 4) is 0 Å². The van der Waals surface area contributed by atoms with Crippen LogP contribution in [0.4, 0.5) is 0 Å². The van der Waals surface area contributed by atoms with Crippen molar-refractivity contribution in [2.24, 2.45) is 5.41 Å². The summed E-state index contributed by atoms with van der Waals surface area (Å²) in [4.78, 5) is 4.96. The number of aliphatic hydroxyl groups excluding tert-OH is 1. The van der Waals surface area contributed by atoms with Gasteiger partial charge in [0.15, 0.2) is 0 Å². The number of hydrogen-bond donors (Lipinski definition) is 2. The zero-order valence-electron chi connectivity index (χ0n) is 11.7. The fourth-order valence-electron chi connectivity index (χ4n) is 3.05. The number of nitrogens with one attached hydrogen (secondary N) is 1. The maximum Gasteiger partial charge on any atom is 0.0639 e. The van der Waals surface area contributed by atoms with Gasteiger partial charge in [-0.1, -0.05) is 6.92 Å². The Balaban J connectivity index is 0.00000162. The minimum Gasteiger partial charge on any atom is -0.392 e. The maximum absolute atomic E-state index is 9.38. The summed E-state index contributed by atoms with van der Waals surface area (Å²) >= 11 is 0. The van der Waals surface area contributed by atoms with Crippen LogP contribution in [0.2, 0.25) is 0 Å². The third-order valence-electron chi connectivity index (χ3n) is 4.05. The minimum absolute atomic E-state index is 0. The standard InChI is InChI=1S/C13H27N3O.ClH/c1-12(17)9-15-5-7-16(8-6-15)11-13(2)3-4-14-10-13;/h12,14,17H,3-11H2,1-2H3;1H/t12-,13?;/m1./s1. The van der Waals surface area contributed by atoms with Crippen molar-refractivity contribution in [2.45, 2.75) is 26.4 Å². The van der Waals surface area contributed by atoms with E-state index in [0.717, 1.165) is 32.7 Å². The van der Waals surface area contributed by atoms with Crippen LogP contribution in [-0.2, 0) is 0 Å². The fourth-order valence-corrected chi connectivity index (χ4v) is 3.05. The first-order valence-electron chi connectivity index (χ1n) is 6.91. The highest BCUT2D eigenvalue weighted by atomic mass is 35.5. The molecule has 2 aliphatic heterocycles. The summed E-state index contributed by atoms with van der Waals surface area (Å²) < 4.78 is 0. The highest BCUT2D eigenvalue weighted by Crippen LogP contribution is 2.26. The Labute approximate surface area is 117 Å². The van der Waals surface area contributed by atoms with Gasteiger partial charge in [0.2, 0.25) is 0 Å². The molecule has 108 valence electrons. The lowest BCUT2D eigenvalue weighted by Gasteiger charge is -2.39. The molecule has 5 heteroatoms. The molecule has 18 heavy (non-hydrogen) atoms. The molecule has 0 aromatic carbocycles. The molecule has 0 radical (unpaired) electrons. The molecule has 2 rings (SSSR count). The Morgan fingerprint density at radius 1 is 1.22 bits per heavy atom. The van der Waals surface area contributed by atoms with Gasteiger partial charge in [0, 0.05) is 45.8 Å². The van der Waals surface area contributed by atoms with Gasteiger partial charge in [-0.25, -0.2) is 0 Å². The van der Waals surface area contributed by atoms with Crippen LogP contribution in [-0.4, -0.2) is 73.4 Å². The van der Waals surface area contributed by atoms with E-state index in [1.165, 1.54) is 26.1 Å². The monoisotopic (exact) mass is 277 g/mol. The predicted octanol–water partition coefficient (Wildman–Crippen LogP) is 0.406. The Hall–Kier alpha value is 0.130. The van der Waals surface area contributed by atoms with Gasteiger partial charge in [0.05, 0.1) is 6.10 Å². The molecule has 0 saturated carbocycles. The van der Waals surface area contributed by atoms with E-state index in [0.29, 0.717) is 5.41 Å². The lowest BCUT2D eigenvalue weighted by molar-refractivity contribution is 0.0645. The van der Waals surface area contributed by atoms with Gasteiger partial charge in [-0.3, -0.25) is 4.90 Å². The number of β-amino-alcohol motifs (C(OH)–C–C–N with tert-alkyl or cyclic N) is 1. The molecule has 0 amide bonds. The van der Waals surface area contributed by atoms with Crippen molar-refractivity contribution >= 4 is 12.4 Å². The molecule has 2 heterocycles. The summed E-state index contributed by atoms with van der Waals surface area (Å²) in [7, 11) is 0. The number of nitrogens with zero attached hydrogens (tertiary/aromatic N) is 2. The quantitative estimate of drug-likeness (QED) is 0.781. The van der Waals surface area contributed by atoms with E-state index >= 15 is 0 Å². The molecule has 2 aliphatic rings. The average molecular weight is 278 g/mol. The number of aliphatic hydroxyl groups is 1. The van der Waals surface area contributed by atoms with Crippen LogP contribution >= 0.6 is 12.4 Å². The number of halogens is 1. The molecular formula is C13H28ClN3O. The fraction of sp³-hybridized carbons (Fsp3) is 1.00. The van der Waals surface area contributed by atoms with Crippen molar-refractivity contribution in [1.82, 2.24) is 15.1 Å². The van der Waals surface area contributed by atoms with Crippen molar-refractivity contribution < 1.29 is 5.11 Å². The molecule has 0 aromatic heterocycles. The predicted molar refractivity (Wildman–Crippen MR) is 77.4 cm³/mol. The zero-order valence-corrected chi connectivity index (χ0v) is 12.5. The van der Waals surface area contributed by atoms with E-state index < -0.39 is 0 Å². The molecule has 0 aromatic rings. The zero-order chi connectivity index (χ0) is 12.3. The van der Waals surface area contributed by atoms with Crippen LogP contribution in [0.25, 0.3) is 0 Å². The smallest absolute Gasteiger partial charge is 0.0639 e. The van der Waals surface area contributed by atoms with Crippen LogP contribution in [0, 0.1) is 5.41 Å². The molecule has 0 aliphatic carbocycles. The number of rotatable bonds is 4. The molecule has 2 atom stereocenters. The van der Waals surface area contributed by atoms with Crippen molar-refractivity contribution in [3.63, 3.8) is 0 Å². The minimum atomic E-state index is -0.196. The molecule has 1 unspecified atom stereocenters. The van der Waals surface area contributed by atoms with Crippen molar-refractivity contribution in [2.75, 3.05) is 52.4 Å². The van der Waals surface area contributed by atoms with E-state index in [1.54, 1.807) is 0 Å². The Morgan fingerprint density at radius 3 is 2.33 bits per heavy atom. The van der Waals surface area contributed by atoms with Gasteiger partial charge >= 0.3 is 0 Å². The molecule has 0 bridgehead atoms. The summed E-state index contributed by atoms with van der Waals surface area (Å²) in [5, 5.41) is 12.8. The summed E-state index contributed by atoms with van der Waals surface area (Å²) in [6, 6.07) is 0. The van der Waals surface area contributed by atoms with E-state index in [-0.39, 0.29) is 18.5 Å². The highest BCUT2D eigenvalue weighted by molar-refractivity contribution is 5.85. The molecule has 0 spiro atoms. The SMILES string of the molecule is C[C@@H](O)CN1CCN(CC2(C)CCNC2)CC1.Cl. The van der Waals surface area contributed by atoms with Gasteiger partial charge in [0.1, 0.15) is 0 Å². The number of hydrogen-bond acceptors (Lipinski definition) is 4. The first kappa shape index (κ1) is 16.2. The third kappa shape index (κ3) is 4.67. The van der Waals surface area contributed by atoms with Crippen molar-refractivity contribution in [1.29, 1.82) is 0 Å². The largest absolute Gasteiger partial charge is 0.392 e. The molecule has 2 saturated heterocycles. The Kier molecular flexibility index (Phi) is 6.35. The first-order chi connectivity index (χ1) is 8.07. The van der Waals surface area contributed by atoms with Crippen LogP contribution in [0.15, 0.2) is 0 Å². The highest BCUT2D eigenvalue weighted by Gasteiger charge is 2.31. The van der Waals surface area contributed by atoms with Crippen LogP contribution in [0.3, 0.4) is 0 Å². The molecule has 2 N–H and O–H groups in total. The van der Waals surface area contributed by atoms with Gasteiger partial charge < -0.3 is 15.3 Å². The average Bonchev–Trinajstić information content (AvgIpc) is 2.67. The van der Waals surface area contributed by atoms with Gasteiger partial charge in [-0.15, -0.1) is 12.4 Å². The maximum atomic E-state index is 9.38. The second-order valence-corrected chi connectivity index (χ2v) is 6.16.